The molecule has 3 rings (SSSR count). The predicted octanol–water partition coefficient (Wildman–Crippen LogP) is 2.94. The molecule has 6 nitrogen and oxygen atoms in total. The quantitative estimate of drug-likeness (QED) is 0.792. The molecule has 1 saturated carbocycles. The van der Waals surface area contributed by atoms with Crippen molar-refractivity contribution in [3.05, 3.63) is 0 Å². The number of aliphatic carboxylic acids is 1. The van der Waals surface area contributed by atoms with Crippen LogP contribution < -0.4 is 0 Å². The summed E-state index contributed by atoms with van der Waals surface area (Å²) in [7, 11) is 0. The Labute approximate surface area is 142 Å². The molecule has 0 bridgehead atoms. The molecule has 3 unspecified atom stereocenters. The minimum atomic E-state index is -0.999. The molecule has 0 aromatic heterocycles. The summed E-state index contributed by atoms with van der Waals surface area (Å²) >= 11 is 0. The summed E-state index contributed by atoms with van der Waals surface area (Å²) < 4.78 is 17.6. The van der Waals surface area contributed by atoms with Crippen molar-refractivity contribution >= 4 is 11.9 Å². The van der Waals surface area contributed by atoms with Crippen molar-refractivity contribution in [2.24, 2.45) is 23.7 Å². The summed E-state index contributed by atoms with van der Waals surface area (Å²) in [5.41, 5.74) is 0. The Bertz CT molecular complexity index is 478. The molecular formula is C18H28O6. The molecule has 2 saturated heterocycles. The fourth-order valence-corrected chi connectivity index (χ4v) is 4.67. The van der Waals surface area contributed by atoms with E-state index in [-0.39, 0.29) is 31.2 Å². The highest BCUT2D eigenvalue weighted by molar-refractivity contribution is 5.76. The highest BCUT2D eigenvalue weighted by Crippen LogP contribution is 2.50. The molecular weight excluding hydrogens is 312 g/mol. The molecule has 7 atom stereocenters. The first-order chi connectivity index (χ1) is 11.5. The zero-order valence-electron chi connectivity index (χ0n) is 14.5. The summed E-state index contributed by atoms with van der Waals surface area (Å²) in [4.78, 5) is 22.5. The number of hydrogen-bond donors (Lipinski definition) is 1. The van der Waals surface area contributed by atoms with Gasteiger partial charge in [0.05, 0.1) is 18.9 Å². The van der Waals surface area contributed by atoms with Crippen LogP contribution in [0.5, 0.6) is 0 Å². The molecule has 136 valence electrons. The first kappa shape index (κ1) is 17.7. The third kappa shape index (κ3) is 3.75. The van der Waals surface area contributed by atoms with Crippen molar-refractivity contribution in [1.29, 1.82) is 0 Å². The normalized spacial score (nSPS) is 41.8. The second-order valence-corrected chi connectivity index (χ2v) is 7.57. The van der Waals surface area contributed by atoms with Gasteiger partial charge in [-0.3, -0.25) is 9.59 Å². The van der Waals surface area contributed by atoms with E-state index in [0.717, 1.165) is 12.8 Å². The molecule has 2 aliphatic heterocycles. The topological polar surface area (TPSA) is 82.1 Å². The molecule has 0 aromatic carbocycles. The number of carboxylic acid groups (broad SMARTS) is 1. The molecule has 0 radical (unpaired) electrons. The lowest BCUT2D eigenvalue weighted by molar-refractivity contribution is -0.323. The van der Waals surface area contributed by atoms with Gasteiger partial charge in [-0.25, -0.2) is 0 Å². The van der Waals surface area contributed by atoms with Crippen LogP contribution >= 0.6 is 0 Å². The number of carbonyl (C=O) groups is 2. The molecule has 2 heterocycles. The summed E-state index contributed by atoms with van der Waals surface area (Å²) in [6, 6.07) is 0. The van der Waals surface area contributed by atoms with Gasteiger partial charge in [0.25, 0.3) is 0 Å². The summed E-state index contributed by atoms with van der Waals surface area (Å²) in [5.74, 6) is 0.0461. The van der Waals surface area contributed by atoms with Crippen molar-refractivity contribution in [2.75, 3.05) is 0 Å². The monoisotopic (exact) mass is 340 g/mol. The van der Waals surface area contributed by atoms with Crippen LogP contribution in [0.2, 0.25) is 0 Å². The summed E-state index contributed by atoms with van der Waals surface area (Å²) in [6.07, 6.45) is 4.63. The third-order valence-corrected chi connectivity index (χ3v) is 5.94. The van der Waals surface area contributed by atoms with E-state index >= 15 is 0 Å². The van der Waals surface area contributed by atoms with Gasteiger partial charge in [0.1, 0.15) is 0 Å². The van der Waals surface area contributed by atoms with Crippen molar-refractivity contribution in [2.45, 2.75) is 77.5 Å². The number of hydrogen-bond acceptors (Lipinski definition) is 5. The fraction of sp³-hybridized carbons (Fsp3) is 0.889. The van der Waals surface area contributed by atoms with Crippen LogP contribution in [0.1, 0.15) is 58.8 Å². The molecule has 0 aromatic rings. The largest absolute Gasteiger partial charge is 0.481 e. The average molecular weight is 340 g/mol. The molecule has 3 aliphatic rings. The number of carbonyl (C=O) groups excluding carboxylic acids is 1. The van der Waals surface area contributed by atoms with Gasteiger partial charge in [-0.15, -0.1) is 0 Å². The average Bonchev–Trinajstić information content (AvgIpc) is 2.70. The van der Waals surface area contributed by atoms with E-state index in [1.54, 1.807) is 0 Å². The van der Waals surface area contributed by atoms with Gasteiger partial charge in [0.2, 0.25) is 6.29 Å². The van der Waals surface area contributed by atoms with Crippen LogP contribution in [-0.2, 0) is 23.8 Å². The van der Waals surface area contributed by atoms with Crippen molar-refractivity contribution in [3.8, 4) is 0 Å². The van der Waals surface area contributed by atoms with Crippen molar-refractivity contribution in [1.82, 2.24) is 0 Å². The molecule has 1 aliphatic carbocycles. The second-order valence-electron chi connectivity index (χ2n) is 7.57. The van der Waals surface area contributed by atoms with Gasteiger partial charge in [0, 0.05) is 11.8 Å². The maximum atomic E-state index is 11.9. The Morgan fingerprint density at radius 2 is 1.88 bits per heavy atom. The lowest BCUT2D eigenvalue weighted by Gasteiger charge is -2.49. The van der Waals surface area contributed by atoms with E-state index in [1.165, 1.54) is 19.3 Å². The molecule has 3 fully saturated rings. The van der Waals surface area contributed by atoms with E-state index in [2.05, 4.69) is 13.8 Å². The van der Waals surface area contributed by atoms with Crippen molar-refractivity contribution < 1.29 is 28.9 Å². The molecule has 6 heteroatoms. The van der Waals surface area contributed by atoms with Crippen molar-refractivity contribution in [3.63, 3.8) is 0 Å². The molecule has 0 spiro atoms. The SMILES string of the molecule is C[C@H]1CCC2CCC[C@@H]3C2[C@H](OC(OC(=O)CCC(=O)O)[C@@H]3C)O1. The zero-order chi connectivity index (χ0) is 17.3. The first-order valence-corrected chi connectivity index (χ1v) is 9.18. The van der Waals surface area contributed by atoms with Crippen LogP contribution in [0, 0.1) is 23.7 Å². The smallest absolute Gasteiger partial charge is 0.308 e. The highest BCUT2D eigenvalue weighted by atomic mass is 16.8. The van der Waals surface area contributed by atoms with E-state index in [9.17, 15) is 9.59 Å². The van der Waals surface area contributed by atoms with Crippen LogP contribution in [0.15, 0.2) is 0 Å². The molecule has 24 heavy (non-hydrogen) atoms. The van der Waals surface area contributed by atoms with Crippen LogP contribution in [0.4, 0.5) is 0 Å². The highest BCUT2D eigenvalue weighted by Gasteiger charge is 2.51. The number of carboxylic acids is 1. The predicted molar refractivity (Wildman–Crippen MR) is 84.9 cm³/mol. The standard InChI is InChI=1S/C18H28O6/c1-10-6-7-12-4-3-5-13-11(2)17(24-18(22-10)16(12)13)23-15(21)9-8-14(19)20/h10-13,16-18H,3-9H2,1-2H3,(H,19,20)/t10-,11+,12?,13-,16?,17?,18-/m0/s1. The maximum Gasteiger partial charge on any atom is 0.308 e. The van der Waals surface area contributed by atoms with Crippen LogP contribution in [0.3, 0.4) is 0 Å². The Hall–Kier alpha value is -1.14. The van der Waals surface area contributed by atoms with Crippen LogP contribution in [-0.4, -0.2) is 35.7 Å². The molecule has 1 N–H and O–H groups in total. The Kier molecular flexibility index (Phi) is 5.45. The minimum Gasteiger partial charge on any atom is -0.481 e. The summed E-state index contributed by atoms with van der Waals surface area (Å²) in [6.45, 7) is 4.15. The first-order valence-electron chi connectivity index (χ1n) is 9.18. The Morgan fingerprint density at radius 3 is 2.62 bits per heavy atom. The van der Waals surface area contributed by atoms with Gasteiger partial charge in [0.15, 0.2) is 6.29 Å². The number of ether oxygens (including phenoxy) is 3. The second kappa shape index (κ2) is 7.40. The van der Waals surface area contributed by atoms with Gasteiger partial charge < -0.3 is 19.3 Å². The van der Waals surface area contributed by atoms with E-state index in [4.69, 9.17) is 19.3 Å². The Morgan fingerprint density at radius 1 is 1.08 bits per heavy atom. The Balaban J connectivity index is 1.69. The zero-order valence-corrected chi connectivity index (χ0v) is 14.5. The number of esters is 1. The fourth-order valence-electron chi connectivity index (χ4n) is 4.67. The lowest BCUT2D eigenvalue weighted by atomic mass is 9.65. The van der Waals surface area contributed by atoms with E-state index in [0.29, 0.717) is 17.8 Å². The summed E-state index contributed by atoms with van der Waals surface area (Å²) in [5, 5.41) is 8.69. The van der Waals surface area contributed by atoms with Gasteiger partial charge in [-0.05, 0) is 44.4 Å². The number of rotatable bonds is 4. The van der Waals surface area contributed by atoms with Gasteiger partial charge >= 0.3 is 11.9 Å². The lowest BCUT2D eigenvalue weighted by Crippen LogP contribution is -2.52. The third-order valence-electron chi connectivity index (χ3n) is 5.94. The van der Waals surface area contributed by atoms with E-state index < -0.39 is 18.2 Å². The van der Waals surface area contributed by atoms with Gasteiger partial charge in [-0.2, -0.15) is 0 Å². The molecule has 0 amide bonds. The van der Waals surface area contributed by atoms with Crippen LogP contribution in [0.25, 0.3) is 0 Å². The van der Waals surface area contributed by atoms with E-state index in [1.807, 2.05) is 0 Å². The van der Waals surface area contributed by atoms with Gasteiger partial charge in [-0.1, -0.05) is 13.3 Å². The minimum absolute atomic E-state index is 0.111. The maximum absolute atomic E-state index is 11.9.